The lowest BCUT2D eigenvalue weighted by molar-refractivity contribution is -0.00000469. The molecule has 0 aliphatic heterocycles. The Morgan fingerprint density at radius 1 is 0.895 bits per heavy atom. The zero-order valence-corrected chi connectivity index (χ0v) is 10.7. The summed E-state index contributed by atoms with van der Waals surface area (Å²) < 4.78 is 0. The summed E-state index contributed by atoms with van der Waals surface area (Å²) in [7, 11) is 0. The van der Waals surface area contributed by atoms with E-state index in [1.54, 1.807) is 24.3 Å². The van der Waals surface area contributed by atoms with Gasteiger partial charge in [0.05, 0.1) is 5.52 Å². The number of rotatable bonds is 2. The highest BCUT2D eigenvalue weighted by Gasteiger charge is 2.02. The minimum atomic E-state index is 0. The Bertz CT molecular complexity index is 680. The van der Waals surface area contributed by atoms with Crippen LogP contribution >= 0.6 is 0 Å². The molecule has 3 rings (SSSR count). The highest BCUT2D eigenvalue weighted by Crippen LogP contribution is 2.23. The highest BCUT2D eigenvalue weighted by atomic mass is 35.5. The molecule has 0 fully saturated rings. The van der Waals surface area contributed by atoms with E-state index in [0.29, 0.717) is 0 Å². The molecule has 1 aromatic heterocycles. The fourth-order valence-electron chi connectivity index (χ4n) is 1.79. The fraction of sp³-hybridized carbons (Fsp3) is 0. The predicted molar refractivity (Wildman–Crippen MR) is 70.9 cm³/mol. The normalized spacial score (nSPS) is 9.89. The monoisotopic (exact) mass is 272 g/mol. The number of para-hydroxylation sites is 1. The number of phenols is 1. The van der Waals surface area contributed by atoms with Crippen LogP contribution < -0.4 is 17.7 Å². The standard InChI is InChI=1S/C14H11N3O.ClH/c18-11-7-5-10(6-8-11)17-14-12-3-1-2-4-13(12)15-9-16-14;/h1-9,18H,(H,15,16,17);1H/p-1. The number of fused-ring (bicyclic) bond motifs is 1. The number of phenolic OH excluding ortho intramolecular Hbond substituents is 1. The van der Waals surface area contributed by atoms with Gasteiger partial charge in [0.15, 0.2) is 0 Å². The number of nitrogens with one attached hydrogen (secondary N) is 1. The van der Waals surface area contributed by atoms with Gasteiger partial charge in [0.1, 0.15) is 17.9 Å². The minimum absolute atomic E-state index is 0. The van der Waals surface area contributed by atoms with Crippen molar-refractivity contribution in [2.45, 2.75) is 0 Å². The molecule has 3 aromatic rings. The second kappa shape index (κ2) is 5.54. The first-order valence-corrected chi connectivity index (χ1v) is 5.59. The maximum Gasteiger partial charge on any atom is 0.141 e. The van der Waals surface area contributed by atoms with Crippen LogP contribution in [0.25, 0.3) is 10.9 Å². The molecule has 2 aromatic carbocycles. The van der Waals surface area contributed by atoms with Crippen LogP contribution in [0.4, 0.5) is 11.5 Å². The predicted octanol–water partition coefficient (Wildman–Crippen LogP) is 0.0830. The Hall–Kier alpha value is -2.33. The van der Waals surface area contributed by atoms with Gasteiger partial charge in [0, 0.05) is 11.1 Å². The molecule has 0 unspecified atom stereocenters. The summed E-state index contributed by atoms with van der Waals surface area (Å²) in [5.41, 5.74) is 1.77. The Morgan fingerprint density at radius 2 is 1.63 bits per heavy atom. The summed E-state index contributed by atoms with van der Waals surface area (Å²) in [5, 5.41) is 13.4. The maximum atomic E-state index is 9.24. The van der Waals surface area contributed by atoms with Gasteiger partial charge in [0.2, 0.25) is 0 Å². The SMILES string of the molecule is Oc1ccc(Nc2ncnc3ccccc23)cc1.[Cl-]. The Kier molecular flexibility index (Phi) is 3.82. The van der Waals surface area contributed by atoms with Crippen molar-refractivity contribution in [2.75, 3.05) is 5.32 Å². The van der Waals surface area contributed by atoms with Crippen molar-refractivity contribution in [3.8, 4) is 5.75 Å². The van der Waals surface area contributed by atoms with E-state index in [-0.39, 0.29) is 18.2 Å². The van der Waals surface area contributed by atoms with E-state index in [2.05, 4.69) is 15.3 Å². The van der Waals surface area contributed by atoms with Crippen LogP contribution in [0.3, 0.4) is 0 Å². The van der Waals surface area contributed by atoms with Crippen molar-refractivity contribution in [1.82, 2.24) is 9.97 Å². The minimum Gasteiger partial charge on any atom is -1.00 e. The molecule has 0 aliphatic rings. The molecule has 0 radical (unpaired) electrons. The van der Waals surface area contributed by atoms with Crippen LogP contribution in [-0.4, -0.2) is 15.1 Å². The molecular weight excluding hydrogens is 262 g/mol. The van der Waals surface area contributed by atoms with Gasteiger partial charge in [-0.2, -0.15) is 0 Å². The third-order valence-corrected chi connectivity index (χ3v) is 2.67. The number of hydrogen-bond donors (Lipinski definition) is 2. The van der Waals surface area contributed by atoms with Gasteiger partial charge in [0.25, 0.3) is 0 Å². The van der Waals surface area contributed by atoms with Gasteiger partial charge < -0.3 is 22.8 Å². The van der Waals surface area contributed by atoms with Gasteiger partial charge in [-0.15, -0.1) is 0 Å². The number of hydrogen-bond acceptors (Lipinski definition) is 4. The van der Waals surface area contributed by atoms with Gasteiger partial charge in [-0.3, -0.25) is 0 Å². The van der Waals surface area contributed by atoms with Crippen LogP contribution in [-0.2, 0) is 0 Å². The van der Waals surface area contributed by atoms with Crippen molar-refractivity contribution in [2.24, 2.45) is 0 Å². The summed E-state index contributed by atoms with van der Waals surface area (Å²) in [6.07, 6.45) is 1.53. The van der Waals surface area contributed by atoms with Crippen LogP contribution in [0.2, 0.25) is 0 Å². The third-order valence-electron chi connectivity index (χ3n) is 2.67. The van der Waals surface area contributed by atoms with Crippen molar-refractivity contribution in [3.05, 3.63) is 54.9 Å². The van der Waals surface area contributed by atoms with E-state index >= 15 is 0 Å². The number of aromatic hydroxyl groups is 1. The molecule has 0 bridgehead atoms. The average molecular weight is 273 g/mol. The highest BCUT2D eigenvalue weighted by molar-refractivity contribution is 5.90. The van der Waals surface area contributed by atoms with E-state index in [1.165, 1.54) is 6.33 Å². The zero-order valence-electron chi connectivity index (χ0n) is 9.92. The Labute approximate surface area is 116 Å². The number of anilines is 2. The van der Waals surface area contributed by atoms with E-state index < -0.39 is 0 Å². The average Bonchev–Trinajstić information content (AvgIpc) is 2.42. The largest absolute Gasteiger partial charge is 1.00 e. The molecule has 0 atom stereocenters. The fourth-order valence-corrected chi connectivity index (χ4v) is 1.79. The van der Waals surface area contributed by atoms with Crippen LogP contribution in [0.1, 0.15) is 0 Å². The van der Waals surface area contributed by atoms with Crippen LogP contribution in [0.5, 0.6) is 5.75 Å². The Morgan fingerprint density at radius 3 is 2.42 bits per heavy atom. The summed E-state index contributed by atoms with van der Waals surface area (Å²) in [4.78, 5) is 8.45. The topological polar surface area (TPSA) is 58.0 Å². The molecule has 5 heteroatoms. The van der Waals surface area contributed by atoms with Crippen molar-refractivity contribution >= 4 is 22.4 Å². The van der Waals surface area contributed by atoms with Crippen molar-refractivity contribution in [1.29, 1.82) is 0 Å². The summed E-state index contributed by atoms with van der Waals surface area (Å²) in [6, 6.07) is 14.7. The first-order valence-electron chi connectivity index (χ1n) is 5.59. The number of halogens is 1. The van der Waals surface area contributed by atoms with Gasteiger partial charge >= 0.3 is 0 Å². The lowest BCUT2D eigenvalue weighted by Crippen LogP contribution is -3.00. The first-order chi connectivity index (χ1) is 8.83. The smallest absolute Gasteiger partial charge is 0.141 e. The van der Waals surface area contributed by atoms with E-state index in [1.807, 2.05) is 24.3 Å². The molecule has 19 heavy (non-hydrogen) atoms. The van der Waals surface area contributed by atoms with Crippen molar-refractivity contribution in [3.63, 3.8) is 0 Å². The molecule has 0 amide bonds. The van der Waals surface area contributed by atoms with E-state index in [0.717, 1.165) is 22.4 Å². The maximum absolute atomic E-state index is 9.24. The quantitative estimate of drug-likeness (QED) is 0.649. The molecule has 2 N–H and O–H groups in total. The van der Waals surface area contributed by atoms with Gasteiger partial charge in [-0.25, -0.2) is 9.97 Å². The lowest BCUT2D eigenvalue weighted by atomic mass is 10.2. The zero-order chi connectivity index (χ0) is 12.4. The first kappa shape index (κ1) is 13.1. The summed E-state index contributed by atoms with van der Waals surface area (Å²) in [6.45, 7) is 0. The van der Waals surface area contributed by atoms with Crippen LogP contribution in [0, 0.1) is 0 Å². The molecule has 1 heterocycles. The summed E-state index contributed by atoms with van der Waals surface area (Å²) in [5.74, 6) is 0.999. The van der Waals surface area contributed by atoms with Gasteiger partial charge in [-0.1, -0.05) is 12.1 Å². The van der Waals surface area contributed by atoms with E-state index in [4.69, 9.17) is 0 Å². The molecule has 0 saturated heterocycles. The molecule has 0 saturated carbocycles. The number of benzene rings is 2. The molecule has 96 valence electrons. The van der Waals surface area contributed by atoms with Crippen molar-refractivity contribution < 1.29 is 17.5 Å². The molecule has 0 aliphatic carbocycles. The molecule has 0 spiro atoms. The third kappa shape index (κ3) is 2.74. The van der Waals surface area contributed by atoms with Crippen LogP contribution in [0.15, 0.2) is 54.9 Å². The second-order valence-corrected chi connectivity index (χ2v) is 3.91. The molecular formula is C14H11ClN3O-. The Balaban J connectivity index is 0.00000133. The van der Waals surface area contributed by atoms with Gasteiger partial charge in [-0.05, 0) is 36.4 Å². The second-order valence-electron chi connectivity index (χ2n) is 3.91. The number of nitrogens with zero attached hydrogens (tertiary/aromatic N) is 2. The summed E-state index contributed by atoms with van der Waals surface area (Å²) >= 11 is 0. The van der Waals surface area contributed by atoms with E-state index in [9.17, 15) is 5.11 Å². The number of aromatic nitrogens is 2. The molecule has 4 nitrogen and oxygen atoms in total. The lowest BCUT2D eigenvalue weighted by Gasteiger charge is -2.07.